The van der Waals surface area contributed by atoms with Crippen molar-refractivity contribution in [1.82, 2.24) is 14.9 Å². The second-order valence-electron chi connectivity index (χ2n) is 8.09. The number of nitrogens with zero attached hydrogens (tertiary/aromatic N) is 4. The fourth-order valence-corrected chi connectivity index (χ4v) is 4.15. The van der Waals surface area contributed by atoms with Gasteiger partial charge >= 0.3 is 0 Å². The number of hydrogen-bond donors (Lipinski definition) is 1. The lowest BCUT2D eigenvalue weighted by Crippen LogP contribution is -2.35. The van der Waals surface area contributed by atoms with Gasteiger partial charge < -0.3 is 14.9 Å². The Morgan fingerprint density at radius 3 is 2.46 bits per heavy atom. The molecule has 148 valence electrons. The first kappa shape index (κ1) is 18.9. The third-order valence-corrected chi connectivity index (χ3v) is 5.96. The quantitative estimate of drug-likeness (QED) is 0.887. The number of aliphatic hydroxyl groups is 1. The van der Waals surface area contributed by atoms with Crippen molar-refractivity contribution in [3.05, 3.63) is 52.8 Å². The summed E-state index contributed by atoms with van der Waals surface area (Å²) >= 11 is 0. The van der Waals surface area contributed by atoms with Crippen LogP contribution in [-0.2, 0) is 5.60 Å². The zero-order valence-electron chi connectivity index (χ0n) is 16.7. The molecule has 1 atom stereocenters. The van der Waals surface area contributed by atoms with Gasteiger partial charge in [-0.3, -0.25) is 4.79 Å². The number of benzene rings is 1. The van der Waals surface area contributed by atoms with E-state index >= 15 is 0 Å². The number of likely N-dealkylation sites (tertiary alicyclic amines) is 1. The Balaban J connectivity index is 1.49. The fourth-order valence-electron chi connectivity index (χ4n) is 4.15. The van der Waals surface area contributed by atoms with Gasteiger partial charge in [-0.2, -0.15) is 0 Å². The molecule has 0 bridgehead atoms. The molecule has 2 fully saturated rings. The third-order valence-electron chi connectivity index (χ3n) is 5.96. The summed E-state index contributed by atoms with van der Waals surface area (Å²) in [6.45, 7) is 6.66. The minimum Gasteiger partial charge on any atom is -0.383 e. The standard InChI is InChI=1S/C22H28N4O2/c1-16-6-8-18(9-7-16)22(28)10-13-26(15-22)20(27)19-14-23-21(24-17(19)2)25-11-4-3-5-12-25/h6-9,14,28H,3-5,10-13,15H2,1-2H3/t22-/m1/s1. The number of rotatable bonds is 3. The number of hydrogen-bond acceptors (Lipinski definition) is 5. The van der Waals surface area contributed by atoms with Crippen LogP contribution in [0.2, 0.25) is 0 Å². The van der Waals surface area contributed by atoms with E-state index in [0.29, 0.717) is 36.7 Å². The van der Waals surface area contributed by atoms with E-state index in [9.17, 15) is 9.90 Å². The number of amides is 1. The zero-order chi connectivity index (χ0) is 19.7. The molecule has 6 heteroatoms. The van der Waals surface area contributed by atoms with Gasteiger partial charge in [-0.15, -0.1) is 0 Å². The largest absolute Gasteiger partial charge is 0.383 e. The molecule has 0 spiro atoms. The lowest BCUT2D eigenvalue weighted by molar-refractivity contribution is 0.0417. The Kier molecular flexibility index (Phi) is 5.06. The number of carbonyl (C=O) groups excluding carboxylic acids is 1. The van der Waals surface area contributed by atoms with Crippen LogP contribution in [0.25, 0.3) is 0 Å². The molecule has 6 nitrogen and oxygen atoms in total. The number of carbonyl (C=O) groups is 1. The van der Waals surface area contributed by atoms with Crippen LogP contribution in [0, 0.1) is 13.8 Å². The highest BCUT2D eigenvalue weighted by Crippen LogP contribution is 2.33. The van der Waals surface area contributed by atoms with Crippen molar-refractivity contribution in [2.45, 2.75) is 45.1 Å². The highest BCUT2D eigenvalue weighted by atomic mass is 16.3. The van der Waals surface area contributed by atoms with E-state index in [2.05, 4.69) is 14.9 Å². The maximum Gasteiger partial charge on any atom is 0.257 e. The van der Waals surface area contributed by atoms with Crippen LogP contribution < -0.4 is 4.90 Å². The van der Waals surface area contributed by atoms with Gasteiger partial charge in [0.2, 0.25) is 5.95 Å². The minimum absolute atomic E-state index is 0.106. The molecular weight excluding hydrogens is 352 g/mol. The molecule has 0 radical (unpaired) electrons. The van der Waals surface area contributed by atoms with Crippen molar-refractivity contribution in [2.24, 2.45) is 0 Å². The van der Waals surface area contributed by atoms with Crippen LogP contribution in [0.5, 0.6) is 0 Å². The van der Waals surface area contributed by atoms with Gasteiger partial charge in [-0.25, -0.2) is 9.97 Å². The van der Waals surface area contributed by atoms with Gasteiger partial charge in [-0.05, 0) is 45.1 Å². The molecule has 1 amide bonds. The Labute approximate surface area is 166 Å². The van der Waals surface area contributed by atoms with Crippen molar-refractivity contribution >= 4 is 11.9 Å². The predicted molar refractivity (Wildman–Crippen MR) is 108 cm³/mol. The fraction of sp³-hybridized carbons (Fsp3) is 0.500. The number of piperidine rings is 1. The summed E-state index contributed by atoms with van der Waals surface area (Å²) in [4.78, 5) is 26.0. The summed E-state index contributed by atoms with van der Waals surface area (Å²) in [6.07, 6.45) is 5.76. The Morgan fingerprint density at radius 2 is 1.79 bits per heavy atom. The lowest BCUT2D eigenvalue weighted by Gasteiger charge is -2.27. The monoisotopic (exact) mass is 380 g/mol. The maximum atomic E-state index is 13.0. The van der Waals surface area contributed by atoms with Gasteiger partial charge in [0.25, 0.3) is 5.91 Å². The van der Waals surface area contributed by atoms with Crippen LogP contribution in [0.3, 0.4) is 0 Å². The summed E-state index contributed by atoms with van der Waals surface area (Å²) in [7, 11) is 0. The summed E-state index contributed by atoms with van der Waals surface area (Å²) < 4.78 is 0. The van der Waals surface area contributed by atoms with Gasteiger partial charge in [0.05, 0.1) is 17.8 Å². The van der Waals surface area contributed by atoms with Crippen LogP contribution in [0.4, 0.5) is 5.95 Å². The number of anilines is 1. The Bertz CT molecular complexity index is 861. The van der Waals surface area contributed by atoms with Crippen LogP contribution in [0.1, 0.15) is 52.9 Å². The average molecular weight is 380 g/mol. The molecule has 28 heavy (non-hydrogen) atoms. The molecule has 0 aliphatic carbocycles. The number of β-amino-alcohol motifs (C(OH)–C–C–N with tert-alkyl or cyclic N) is 1. The normalized spacial score (nSPS) is 22.5. The molecule has 2 aliphatic heterocycles. The first-order valence-electron chi connectivity index (χ1n) is 10.1. The van der Waals surface area contributed by atoms with E-state index < -0.39 is 5.60 Å². The van der Waals surface area contributed by atoms with Gasteiger partial charge in [0.1, 0.15) is 5.60 Å². The first-order valence-corrected chi connectivity index (χ1v) is 10.1. The average Bonchev–Trinajstić information content (AvgIpc) is 3.12. The van der Waals surface area contributed by atoms with Crippen LogP contribution >= 0.6 is 0 Å². The summed E-state index contributed by atoms with van der Waals surface area (Å²) in [5.74, 6) is 0.608. The topological polar surface area (TPSA) is 69.6 Å². The van der Waals surface area contributed by atoms with E-state index in [4.69, 9.17) is 0 Å². The lowest BCUT2D eigenvalue weighted by atomic mass is 9.92. The Hall–Kier alpha value is -2.47. The predicted octanol–water partition coefficient (Wildman–Crippen LogP) is 2.82. The summed E-state index contributed by atoms with van der Waals surface area (Å²) in [6, 6.07) is 7.89. The van der Waals surface area contributed by atoms with Crippen molar-refractivity contribution in [3.63, 3.8) is 0 Å². The molecule has 2 aliphatic rings. The smallest absolute Gasteiger partial charge is 0.257 e. The zero-order valence-corrected chi connectivity index (χ0v) is 16.7. The van der Waals surface area contributed by atoms with E-state index in [1.54, 1.807) is 11.1 Å². The van der Waals surface area contributed by atoms with E-state index in [1.807, 2.05) is 38.1 Å². The molecule has 1 aromatic heterocycles. The maximum absolute atomic E-state index is 13.0. The van der Waals surface area contributed by atoms with Crippen molar-refractivity contribution in [3.8, 4) is 0 Å². The van der Waals surface area contributed by atoms with Crippen molar-refractivity contribution < 1.29 is 9.90 Å². The third kappa shape index (κ3) is 3.61. The van der Waals surface area contributed by atoms with E-state index in [-0.39, 0.29) is 5.91 Å². The molecule has 3 heterocycles. The second-order valence-corrected chi connectivity index (χ2v) is 8.09. The SMILES string of the molecule is Cc1ccc([C@@]2(O)CCN(C(=O)c3cnc(N4CCCCC4)nc3C)C2)cc1. The number of aromatic nitrogens is 2. The molecule has 4 rings (SSSR count). The van der Waals surface area contributed by atoms with Gasteiger partial charge in [-0.1, -0.05) is 29.8 Å². The van der Waals surface area contributed by atoms with E-state index in [1.165, 1.54) is 6.42 Å². The molecule has 0 unspecified atom stereocenters. The van der Waals surface area contributed by atoms with Crippen LogP contribution in [-0.4, -0.2) is 52.1 Å². The molecule has 2 saturated heterocycles. The number of aryl methyl sites for hydroxylation is 2. The Morgan fingerprint density at radius 1 is 1.07 bits per heavy atom. The minimum atomic E-state index is -0.994. The van der Waals surface area contributed by atoms with Crippen LogP contribution in [0.15, 0.2) is 30.5 Å². The summed E-state index contributed by atoms with van der Waals surface area (Å²) in [5.41, 5.74) is 2.24. The highest BCUT2D eigenvalue weighted by Gasteiger charge is 2.40. The molecular formula is C22H28N4O2. The molecule has 0 saturated carbocycles. The molecule has 2 aromatic rings. The molecule has 1 N–H and O–H groups in total. The second kappa shape index (κ2) is 7.51. The van der Waals surface area contributed by atoms with Crippen molar-refractivity contribution in [2.75, 3.05) is 31.1 Å². The molecule has 1 aromatic carbocycles. The van der Waals surface area contributed by atoms with Gasteiger partial charge in [0.15, 0.2) is 0 Å². The first-order chi connectivity index (χ1) is 13.5. The highest BCUT2D eigenvalue weighted by molar-refractivity contribution is 5.95. The van der Waals surface area contributed by atoms with Crippen molar-refractivity contribution in [1.29, 1.82) is 0 Å². The van der Waals surface area contributed by atoms with E-state index in [0.717, 1.165) is 37.1 Å². The van der Waals surface area contributed by atoms with Gasteiger partial charge in [0, 0.05) is 25.8 Å². The summed E-state index contributed by atoms with van der Waals surface area (Å²) in [5, 5.41) is 11.1.